The lowest BCUT2D eigenvalue weighted by Crippen LogP contribution is -2.32. The van der Waals surface area contributed by atoms with Crippen molar-refractivity contribution in [3.8, 4) is 0 Å². The number of Topliss-reactive ketones (excluding diaryl/α,β-unsaturated/α-hetero) is 1. The first kappa shape index (κ1) is 14.9. The van der Waals surface area contributed by atoms with Crippen LogP contribution in [-0.4, -0.2) is 32.8 Å². The Morgan fingerprint density at radius 1 is 1.24 bits per heavy atom. The largest absolute Gasteiger partial charge is 0.293 e. The van der Waals surface area contributed by atoms with Crippen molar-refractivity contribution in [2.24, 2.45) is 0 Å². The van der Waals surface area contributed by atoms with Gasteiger partial charge < -0.3 is 0 Å². The number of nitrogens with zero attached hydrogens (tertiary/aromatic N) is 1. The summed E-state index contributed by atoms with van der Waals surface area (Å²) >= 11 is 3.77. The van der Waals surface area contributed by atoms with E-state index in [2.05, 4.69) is 18.0 Å². The van der Waals surface area contributed by atoms with E-state index in [1.54, 1.807) is 0 Å². The number of thioether (sulfide) groups is 2. The average Bonchev–Trinajstić information content (AvgIpc) is 2.53. The smallest absolute Gasteiger partial charge is 0.176 e. The number of hydrogen-bond donors (Lipinski definition) is 0. The van der Waals surface area contributed by atoms with E-state index in [1.165, 1.54) is 0 Å². The van der Waals surface area contributed by atoms with E-state index in [-0.39, 0.29) is 11.0 Å². The predicted molar refractivity (Wildman–Crippen MR) is 93.6 cm³/mol. The Hall–Kier alpha value is -1.00. The Kier molecular flexibility index (Phi) is 4.55. The van der Waals surface area contributed by atoms with Crippen LogP contribution in [0.25, 0.3) is 10.9 Å². The first-order valence-electron chi connectivity index (χ1n) is 7.34. The molecule has 0 radical (unpaired) electrons. The number of benzene rings is 1. The molecular formula is C17H19NOS2. The first-order valence-corrected chi connectivity index (χ1v) is 9.43. The molecule has 2 nitrogen and oxygen atoms in total. The summed E-state index contributed by atoms with van der Waals surface area (Å²) < 4.78 is 0. The van der Waals surface area contributed by atoms with Gasteiger partial charge in [0.1, 0.15) is 0 Å². The molecular weight excluding hydrogens is 298 g/mol. The van der Waals surface area contributed by atoms with Gasteiger partial charge in [-0.2, -0.15) is 11.8 Å². The van der Waals surface area contributed by atoms with E-state index < -0.39 is 0 Å². The van der Waals surface area contributed by atoms with Gasteiger partial charge in [0.05, 0.1) is 10.8 Å². The van der Waals surface area contributed by atoms with E-state index in [0.29, 0.717) is 5.25 Å². The van der Waals surface area contributed by atoms with Crippen LogP contribution in [0.5, 0.6) is 0 Å². The topological polar surface area (TPSA) is 30.0 Å². The van der Waals surface area contributed by atoms with Crippen molar-refractivity contribution in [1.82, 2.24) is 4.98 Å². The van der Waals surface area contributed by atoms with Crippen molar-refractivity contribution >= 4 is 40.2 Å². The molecule has 1 aliphatic rings. The Morgan fingerprint density at radius 3 is 2.86 bits per heavy atom. The normalized spacial score (nSPS) is 22.4. The molecule has 0 bridgehead atoms. The molecule has 4 heteroatoms. The second-order valence-electron chi connectivity index (χ2n) is 5.33. The van der Waals surface area contributed by atoms with E-state index in [0.717, 1.165) is 40.1 Å². The maximum Gasteiger partial charge on any atom is 0.176 e. The molecule has 2 heterocycles. The lowest BCUT2D eigenvalue weighted by molar-refractivity contribution is 0.0988. The molecule has 2 unspecified atom stereocenters. The lowest BCUT2D eigenvalue weighted by Gasteiger charge is -2.28. The summed E-state index contributed by atoms with van der Waals surface area (Å²) in [5, 5.41) is 1.60. The van der Waals surface area contributed by atoms with Crippen LogP contribution in [0.2, 0.25) is 0 Å². The van der Waals surface area contributed by atoms with E-state index in [9.17, 15) is 4.79 Å². The number of hydrogen-bond acceptors (Lipinski definition) is 4. The third kappa shape index (κ3) is 3.11. The van der Waals surface area contributed by atoms with Gasteiger partial charge in [0.25, 0.3) is 0 Å². The molecule has 2 atom stereocenters. The molecule has 0 N–H and O–H groups in total. The zero-order valence-electron chi connectivity index (χ0n) is 12.3. The van der Waals surface area contributed by atoms with Gasteiger partial charge in [-0.05, 0) is 37.6 Å². The maximum atomic E-state index is 12.8. The third-order valence-electron chi connectivity index (χ3n) is 3.82. The number of ketones is 1. The number of aryl methyl sites for hydroxylation is 1. The third-order valence-corrected chi connectivity index (χ3v) is 7.07. The summed E-state index contributed by atoms with van der Waals surface area (Å²) in [5.74, 6) is 2.52. The molecule has 0 spiro atoms. The number of fused-ring (bicyclic) bond motifs is 1. The lowest BCUT2D eigenvalue weighted by atomic mass is 10.0. The maximum absolute atomic E-state index is 12.8. The van der Waals surface area contributed by atoms with Gasteiger partial charge in [-0.15, -0.1) is 11.8 Å². The summed E-state index contributed by atoms with van der Waals surface area (Å²) in [7, 11) is 0. The molecule has 2 aromatic rings. The monoisotopic (exact) mass is 317 g/mol. The van der Waals surface area contributed by atoms with Gasteiger partial charge in [-0.1, -0.05) is 13.0 Å². The second-order valence-corrected chi connectivity index (χ2v) is 7.93. The van der Waals surface area contributed by atoms with Gasteiger partial charge >= 0.3 is 0 Å². The van der Waals surface area contributed by atoms with Crippen LogP contribution in [0.3, 0.4) is 0 Å². The van der Waals surface area contributed by atoms with Crippen LogP contribution in [0.1, 0.15) is 29.4 Å². The van der Waals surface area contributed by atoms with Crippen LogP contribution in [0.15, 0.2) is 30.3 Å². The highest BCUT2D eigenvalue weighted by Crippen LogP contribution is 2.35. The summed E-state index contributed by atoms with van der Waals surface area (Å²) in [4.78, 5) is 17.3. The standard InChI is InChI=1S/C17H19NOS2/c1-3-15-17(21-9-8-20-15)16(19)13-6-7-14-12(10-13)5-4-11(2)18-14/h4-7,10,15,17H,3,8-9H2,1-2H3. The highest BCUT2D eigenvalue weighted by Gasteiger charge is 2.31. The Bertz CT molecular complexity index is 671. The minimum atomic E-state index is 0.101. The van der Waals surface area contributed by atoms with Crippen LogP contribution < -0.4 is 0 Å². The Balaban J connectivity index is 1.91. The molecule has 1 aromatic carbocycles. The van der Waals surface area contributed by atoms with Gasteiger partial charge in [0, 0.05) is 33.4 Å². The Morgan fingerprint density at radius 2 is 2.05 bits per heavy atom. The molecule has 1 saturated heterocycles. The molecule has 1 fully saturated rings. The fraction of sp³-hybridized carbons (Fsp3) is 0.412. The number of pyridine rings is 1. The van der Waals surface area contributed by atoms with Crippen molar-refractivity contribution < 1.29 is 4.79 Å². The quantitative estimate of drug-likeness (QED) is 0.787. The SMILES string of the molecule is CCC1SCCSC1C(=O)c1ccc2nc(C)ccc2c1. The first-order chi connectivity index (χ1) is 10.2. The zero-order valence-corrected chi connectivity index (χ0v) is 14.0. The van der Waals surface area contributed by atoms with E-state index in [1.807, 2.05) is 54.7 Å². The van der Waals surface area contributed by atoms with Crippen molar-refractivity contribution in [3.05, 3.63) is 41.6 Å². The van der Waals surface area contributed by atoms with Crippen LogP contribution in [0, 0.1) is 6.92 Å². The second kappa shape index (κ2) is 6.41. The van der Waals surface area contributed by atoms with Crippen molar-refractivity contribution in [3.63, 3.8) is 0 Å². The molecule has 0 amide bonds. The predicted octanol–water partition coefficient (Wildman–Crippen LogP) is 4.35. The van der Waals surface area contributed by atoms with Crippen molar-refractivity contribution in [2.75, 3.05) is 11.5 Å². The van der Waals surface area contributed by atoms with Crippen molar-refractivity contribution in [1.29, 1.82) is 0 Å². The van der Waals surface area contributed by atoms with Crippen LogP contribution >= 0.6 is 23.5 Å². The molecule has 3 rings (SSSR count). The highest BCUT2D eigenvalue weighted by atomic mass is 32.2. The number of carbonyl (C=O) groups excluding carboxylic acids is 1. The minimum absolute atomic E-state index is 0.101. The molecule has 0 aliphatic carbocycles. The molecule has 1 aromatic heterocycles. The van der Waals surface area contributed by atoms with Gasteiger partial charge in [0.2, 0.25) is 0 Å². The van der Waals surface area contributed by atoms with Crippen molar-refractivity contribution in [2.45, 2.75) is 30.8 Å². The molecule has 1 aliphatic heterocycles. The summed E-state index contributed by atoms with van der Waals surface area (Å²) in [6.45, 7) is 4.16. The average molecular weight is 317 g/mol. The van der Waals surface area contributed by atoms with Crippen LogP contribution in [0.4, 0.5) is 0 Å². The number of rotatable bonds is 3. The fourth-order valence-electron chi connectivity index (χ4n) is 2.69. The zero-order chi connectivity index (χ0) is 14.8. The summed E-state index contributed by atoms with van der Waals surface area (Å²) in [6.07, 6.45) is 1.06. The van der Waals surface area contributed by atoms with Gasteiger partial charge in [0.15, 0.2) is 5.78 Å². The Labute approximate surface area is 134 Å². The van der Waals surface area contributed by atoms with E-state index in [4.69, 9.17) is 0 Å². The summed E-state index contributed by atoms with van der Waals surface area (Å²) in [5.41, 5.74) is 2.79. The molecule has 0 saturated carbocycles. The molecule has 110 valence electrons. The number of aromatic nitrogens is 1. The number of carbonyl (C=O) groups is 1. The minimum Gasteiger partial charge on any atom is -0.293 e. The summed E-state index contributed by atoms with van der Waals surface area (Å²) in [6, 6.07) is 9.95. The van der Waals surface area contributed by atoms with Crippen LogP contribution in [-0.2, 0) is 0 Å². The van der Waals surface area contributed by atoms with E-state index >= 15 is 0 Å². The highest BCUT2D eigenvalue weighted by molar-refractivity contribution is 8.07. The van der Waals surface area contributed by atoms with Gasteiger partial charge in [-0.3, -0.25) is 9.78 Å². The fourth-order valence-corrected chi connectivity index (χ4v) is 5.72. The van der Waals surface area contributed by atoms with Gasteiger partial charge in [-0.25, -0.2) is 0 Å². The molecule has 21 heavy (non-hydrogen) atoms.